The van der Waals surface area contributed by atoms with Crippen molar-refractivity contribution >= 4 is 6.09 Å². The highest BCUT2D eigenvalue weighted by Crippen LogP contribution is 2.31. The molecule has 5 heteroatoms. The van der Waals surface area contributed by atoms with Gasteiger partial charge in [-0.3, -0.25) is 0 Å². The molecule has 2 rings (SSSR count). The van der Waals surface area contributed by atoms with Gasteiger partial charge in [0.1, 0.15) is 0 Å². The molecule has 2 N–H and O–H groups in total. The number of carbonyl (C=O) groups excluding carboxylic acids is 1. The number of likely N-dealkylation sites (tertiary alicyclic amines) is 1. The highest BCUT2D eigenvalue weighted by molar-refractivity contribution is 5.68. The lowest BCUT2D eigenvalue weighted by Crippen LogP contribution is -2.56. The van der Waals surface area contributed by atoms with Crippen LogP contribution in [0.25, 0.3) is 0 Å². The minimum Gasteiger partial charge on any atom is -0.450 e. The van der Waals surface area contributed by atoms with E-state index in [0.717, 1.165) is 44.1 Å². The zero-order valence-corrected chi connectivity index (χ0v) is 15.0. The molecule has 0 aromatic carbocycles. The molecular weight excluding hydrogens is 292 g/mol. The molecule has 2 fully saturated rings. The fraction of sp³-hybridized carbons (Fsp3) is 0.944. The van der Waals surface area contributed by atoms with Gasteiger partial charge < -0.3 is 20.1 Å². The predicted molar refractivity (Wildman–Crippen MR) is 91.3 cm³/mol. The largest absolute Gasteiger partial charge is 0.450 e. The Bertz CT molecular complexity index is 367. The lowest BCUT2D eigenvalue weighted by Gasteiger charge is -2.40. The van der Waals surface area contributed by atoms with Crippen LogP contribution in [0.1, 0.15) is 59.3 Å². The van der Waals surface area contributed by atoms with Crippen molar-refractivity contribution in [2.24, 2.45) is 17.6 Å². The summed E-state index contributed by atoms with van der Waals surface area (Å²) in [6.07, 6.45) is 6.72. The lowest BCUT2D eigenvalue weighted by atomic mass is 9.80. The third kappa shape index (κ3) is 5.08. The van der Waals surface area contributed by atoms with E-state index in [1.165, 1.54) is 12.8 Å². The van der Waals surface area contributed by atoms with Crippen LogP contribution < -0.4 is 5.73 Å². The molecule has 0 aromatic heterocycles. The highest BCUT2D eigenvalue weighted by atomic mass is 16.6. The Morgan fingerprint density at radius 2 is 1.91 bits per heavy atom. The minimum absolute atomic E-state index is 0.0137. The molecule has 0 radical (unpaired) electrons. The first-order valence-corrected chi connectivity index (χ1v) is 9.33. The maximum Gasteiger partial charge on any atom is 0.410 e. The van der Waals surface area contributed by atoms with E-state index in [2.05, 4.69) is 13.8 Å². The van der Waals surface area contributed by atoms with Crippen LogP contribution in [0, 0.1) is 11.8 Å². The molecular formula is C18H34N2O3. The van der Waals surface area contributed by atoms with Gasteiger partial charge in [-0.15, -0.1) is 0 Å². The first-order valence-electron chi connectivity index (χ1n) is 9.33. The summed E-state index contributed by atoms with van der Waals surface area (Å²) in [4.78, 5) is 13.9. The molecule has 1 saturated heterocycles. The van der Waals surface area contributed by atoms with Crippen molar-refractivity contribution in [1.82, 2.24) is 4.90 Å². The van der Waals surface area contributed by atoms with E-state index in [1.54, 1.807) is 4.90 Å². The average Bonchev–Trinajstić information content (AvgIpc) is 2.54. The van der Waals surface area contributed by atoms with Crippen molar-refractivity contribution in [2.75, 3.05) is 19.8 Å². The summed E-state index contributed by atoms with van der Waals surface area (Å²) < 4.78 is 11.3. The number of amides is 1. The van der Waals surface area contributed by atoms with Crippen LogP contribution in [0.2, 0.25) is 0 Å². The number of carbonyl (C=O) groups is 1. The normalized spacial score (nSPS) is 32.1. The summed E-state index contributed by atoms with van der Waals surface area (Å²) in [7, 11) is 0. The molecule has 1 saturated carbocycles. The Balaban J connectivity index is 1.83. The van der Waals surface area contributed by atoms with Gasteiger partial charge in [-0.25, -0.2) is 4.79 Å². The van der Waals surface area contributed by atoms with Crippen molar-refractivity contribution in [3.05, 3.63) is 0 Å². The number of rotatable bonds is 5. The van der Waals surface area contributed by atoms with E-state index < -0.39 is 0 Å². The second kappa shape index (κ2) is 8.88. The summed E-state index contributed by atoms with van der Waals surface area (Å²) >= 11 is 0. The van der Waals surface area contributed by atoms with Crippen LogP contribution in [0.15, 0.2) is 0 Å². The summed E-state index contributed by atoms with van der Waals surface area (Å²) in [5, 5.41) is 0. The van der Waals surface area contributed by atoms with E-state index in [1.807, 2.05) is 6.92 Å². The molecule has 1 aliphatic carbocycles. The molecule has 2 atom stereocenters. The Hall–Kier alpha value is -0.810. The smallest absolute Gasteiger partial charge is 0.410 e. The van der Waals surface area contributed by atoms with Gasteiger partial charge in [0, 0.05) is 12.6 Å². The maximum atomic E-state index is 12.1. The Morgan fingerprint density at radius 1 is 1.22 bits per heavy atom. The topological polar surface area (TPSA) is 64.8 Å². The standard InChI is InChI=1S/C18H34N2O3/c1-4-22-18(21)20-11-5-6-16(19)17(20)12-23-15-9-7-14(8-10-15)13(2)3/h13-17H,4-12,19H2,1-3H3. The van der Waals surface area contributed by atoms with E-state index in [0.29, 0.717) is 19.3 Å². The monoisotopic (exact) mass is 326 g/mol. The van der Waals surface area contributed by atoms with Gasteiger partial charge >= 0.3 is 6.09 Å². The van der Waals surface area contributed by atoms with E-state index >= 15 is 0 Å². The van der Waals surface area contributed by atoms with Crippen molar-refractivity contribution in [1.29, 1.82) is 0 Å². The summed E-state index contributed by atoms with van der Waals surface area (Å²) in [6.45, 7) is 8.11. The van der Waals surface area contributed by atoms with E-state index in [-0.39, 0.29) is 18.2 Å². The van der Waals surface area contributed by atoms with Crippen molar-refractivity contribution < 1.29 is 14.3 Å². The number of ether oxygens (including phenoxy) is 2. The zero-order chi connectivity index (χ0) is 16.8. The van der Waals surface area contributed by atoms with E-state index in [4.69, 9.17) is 15.2 Å². The van der Waals surface area contributed by atoms with Gasteiger partial charge in [-0.2, -0.15) is 0 Å². The number of hydrogen-bond acceptors (Lipinski definition) is 4. The molecule has 2 unspecified atom stereocenters. The SMILES string of the molecule is CCOC(=O)N1CCCC(N)C1COC1CCC(C(C)C)CC1. The number of hydrogen-bond donors (Lipinski definition) is 1. The van der Waals surface area contributed by atoms with Crippen LogP contribution in [-0.4, -0.2) is 48.9 Å². The van der Waals surface area contributed by atoms with Gasteiger partial charge in [0.15, 0.2) is 0 Å². The van der Waals surface area contributed by atoms with Crippen LogP contribution in [0.5, 0.6) is 0 Å². The van der Waals surface area contributed by atoms with Crippen LogP contribution >= 0.6 is 0 Å². The maximum absolute atomic E-state index is 12.1. The summed E-state index contributed by atoms with van der Waals surface area (Å²) in [5.41, 5.74) is 6.25. The molecule has 23 heavy (non-hydrogen) atoms. The Morgan fingerprint density at radius 3 is 2.52 bits per heavy atom. The fourth-order valence-corrected chi connectivity index (χ4v) is 3.89. The summed E-state index contributed by atoms with van der Waals surface area (Å²) in [6, 6.07) is -0.0641. The van der Waals surface area contributed by atoms with Gasteiger partial charge in [0.05, 0.1) is 25.4 Å². The van der Waals surface area contributed by atoms with Crippen molar-refractivity contribution in [2.45, 2.75) is 77.5 Å². The van der Waals surface area contributed by atoms with E-state index in [9.17, 15) is 4.79 Å². The molecule has 0 spiro atoms. The molecule has 134 valence electrons. The van der Waals surface area contributed by atoms with Crippen LogP contribution in [-0.2, 0) is 9.47 Å². The quantitative estimate of drug-likeness (QED) is 0.843. The predicted octanol–water partition coefficient (Wildman–Crippen LogP) is 3.17. The second-order valence-electron chi connectivity index (χ2n) is 7.38. The highest BCUT2D eigenvalue weighted by Gasteiger charge is 2.34. The molecule has 1 heterocycles. The molecule has 1 aliphatic heterocycles. The molecule has 5 nitrogen and oxygen atoms in total. The molecule has 2 aliphatic rings. The third-order valence-electron chi connectivity index (χ3n) is 5.50. The van der Waals surface area contributed by atoms with Gasteiger partial charge in [-0.05, 0) is 57.3 Å². The van der Waals surface area contributed by atoms with Gasteiger partial charge in [0.2, 0.25) is 0 Å². The average molecular weight is 326 g/mol. The lowest BCUT2D eigenvalue weighted by molar-refractivity contribution is -0.0302. The molecule has 0 bridgehead atoms. The Kier molecular flexibility index (Phi) is 7.15. The first-order chi connectivity index (χ1) is 11.0. The van der Waals surface area contributed by atoms with Crippen molar-refractivity contribution in [3.63, 3.8) is 0 Å². The fourth-order valence-electron chi connectivity index (χ4n) is 3.89. The van der Waals surface area contributed by atoms with Crippen LogP contribution in [0.3, 0.4) is 0 Å². The molecule has 1 amide bonds. The Labute approximate surface area is 140 Å². The number of nitrogens with two attached hydrogens (primary N) is 1. The first kappa shape index (κ1) is 18.5. The van der Waals surface area contributed by atoms with Crippen LogP contribution in [0.4, 0.5) is 4.79 Å². The summed E-state index contributed by atoms with van der Waals surface area (Å²) in [5.74, 6) is 1.60. The third-order valence-corrected chi connectivity index (χ3v) is 5.50. The second-order valence-corrected chi connectivity index (χ2v) is 7.38. The van der Waals surface area contributed by atoms with Gasteiger partial charge in [-0.1, -0.05) is 13.8 Å². The molecule has 0 aromatic rings. The zero-order valence-electron chi connectivity index (χ0n) is 15.0. The number of piperidine rings is 1. The minimum atomic E-state index is -0.250. The number of nitrogens with zero attached hydrogens (tertiary/aromatic N) is 1. The van der Waals surface area contributed by atoms with Crippen molar-refractivity contribution in [3.8, 4) is 0 Å². The van der Waals surface area contributed by atoms with Gasteiger partial charge in [0.25, 0.3) is 0 Å².